The van der Waals surface area contributed by atoms with Gasteiger partial charge in [-0.2, -0.15) is 41.5 Å². The van der Waals surface area contributed by atoms with Crippen molar-refractivity contribution in [1.82, 2.24) is 0 Å². The molecule has 0 radical (unpaired) electrons. The van der Waals surface area contributed by atoms with Crippen LogP contribution in [0.5, 0.6) is 0 Å². The van der Waals surface area contributed by atoms with E-state index in [4.69, 9.17) is 0 Å². The van der Waals surface area contributed by atoms with E-state index in [1.807, 2.05) is 6.07 Å². The minimum absolute atomic E-state index is 0. The topological polar surface area (TPSA) is 0 Å². The van der Waals surface area contributed by atoms with Crippen molar-refractivity contribution in [2.75, 3.05) is 0 Å². The average Bonchev–Trinajstić information content (AvgIpc) is 3.60. The van der Waals surface area contributed by atoms with Gasteiger partial charge in [-0.05, 0) is 6.42 Å². The molecule has 42 heavy (non-hydrogen) atoms. The minimum Gasteiger partial charge on any atom is -1.00 e. The maximum absolute atomic E-state index is 3.35. The van der Waals surface area contributed by atoms with Crippen molar-refractivity contribution >= 4 is 3.21 Å². The van der Waals surface area contributed by atoms with Gasteiger partial charge in [0.05, 0.1) is 0 Å². The molecule has 0 bridgehead atoms. The summed E-state index contributed by atoms with van der Waals surface area (Å²) in [7, 11) is 0. The summed E-state index contributed by atoms with van der Waals surface area (Å²) in [5, 5.41) is 0. The predicted octanol–water partition coefficient (Wildman–Crippen LogP) is 3.84. The van der Waals surface area contributed by atoms with Gasteiger partial charge in [-0.25, -0.2) is 6.08 Å². The van der Waals surface area contributed by atoms with Crippen LogP contribution in [0, 0.1) is 37.3 Å². The number of fused-ring (bicyclic) bond motifs is 3. The average molecular weight is 671 g/mol. The number of hydrogen-bond donors (Lipinski definition) is 0. The molecule has 6 rings (SSSR count). The van der Waals surface area contributed by atoms with Crippen LogP contribution in [-0.2, 0) is 30.7 Å². The molecule has 3 heteroatoms. The summed E-state index contributed by atoms with van der Waals surface area (Å²) in [5.41, 5.74) is 12.6. The van der Waals surface area contributed by atoms with Crippen molar-refractivity contribution in [3.05, 3.63) is 154 Å². The normalized spacial score (nSPS) is 14.0. The molecule has 0 saturated heterocycles. The van der Waals surface area contributed by atoms with E-state index in [1.165, 1.54) is 83.9 Å². The van der Waals surface area contributed by atoms with Crippen molar-refractivity contribution in [2.45, 2.75) is 54.4 Å². The largest absolute Gasteiger partial charge is 1.00 e. The number of benzene rings is 4. The second-order valence-electron chi connectivity index (χ2n) is 11.7. The molecule has 216 valence electrons. The molecule has 4 aromatic rings. The van der Waals surface area contributed by atoms with Crippen molar-refractivity contribution < 1.29 is 49.0 Å². The SMILES string of the molecule is CCC1[C-]=CC(C(C)(C)C)=C1.Cc1ccc([C](=[Zr+2])c2ccc(C)cc2)cc1.[Cl-].[Cl-].[c-]1cccc2c1Cc1ccccc1-2. The van der Waals surface area contributed by atoms with Gasteiger partial charge < -0.3 is 24.8 Å². The van der Waals surface area contributed by atoms with Crippen LogP contribution >= 0.6 is 0 Å². The number of aryl methyl sites for hydroxylation is 2. The molecule has 4 aromatic carbocycles. The van der Waals surface area contributed by atoms with Crippen LogP contribution < -0.4 is 24.8 Å². The number of hydrogen-bond acceptors (Lipinski definition) is 0. The maximum Gasteiger partial charge on any atom is -0.0253 e. The van der Waals surface area contributed by atoms with Gasteiger partial charge in [0.1, 0.15) is 0 Å². The first-order chi connectivity index (χ1) is 19.2. The predicted molar refractivity (Wildman–Crippen MR) is 168 cm³/mol. The molecule has 0 fully saturated rings. The third-order valence-corrected chi connectivity index (χ3v) is 8.86. The summed E-state index contributed by atoms with van der Waals surface area (Å²) in [6, 6.07) is 35.6. The Kier molecular flexibility index (Phi) is 14.1. The van der Waals surface area contributed by atoms with Crippen LogP contribution in [0.15, 0.2) is 109 Å². The molecule has 1 atom stereocenters. The molecule has 0 aromatic heterocycles. The van der Waals surface area contributed by atoms with Crippen molar-refractivity contribution in [2.24, 2.45) is 11.3 Å². The summed E-state index contributed by atoms with van der Waals surface area (Å²) in [6.45, 7) is 13.2. The van der Waals surface area contributed by atoms with Gasteiger partial charge in [-0.15, -0.1) is 5.56 Å². The second-order valence-corrected chi connectivity index (χ2v) is 12.9. The fourth-order valence-electron chi connectivity index (χ4n) is 4.82. The zero-order valence-corrected chi connectivity index (χ0v) is 29.5. The molecular formula is C39H40Cl2Zr-2. The van der Waals surface area contributed by atoms with Gasteiger partial charge in [-0.1, -0.05) is 80.8 Å². The number of rotatable bonds is 3. The molecule has 0 N–H and O–H groups in total. The van der Waals surface area contributed by atoms with Gasteiger partial charge >= 0.3 is 112 Å². The van der Waals surface area contributed by atoms with E-state index >= 15 is 0 Å². The van der Waals surface area contributed by atoms with Crippen LogP contribution in [-0.4, -0.2) is 3.21 Å². The van der Waals surface area contributed by atoms with Gasteiger partial charge in [0, 0.05) is 0 Å². The quantitative estimate of drug-likeness (QED) is 0.256. The first-order valence-corrected chi connectivity index (χ1v) is 15.5. The standard InChI is InChI=1S/C15H14.C13H9.C11H17.2ClH.Zr/c1-12-3-7-14(8-4-12)11-15-9-5-13(2)6-10-15;1-3-7-12-10(5-1)9-11-6-2-4-8-13(11)12;1-5-9-6-7-10(8-9)11(2,3)4;;;/h3-10H,1-2H3;1-5,7-8H,9H2;7-9H,5H2,1-4H3;2*1H;/q;2*-1;;;+2/p-2. The Hall–Kier alpha value is -2.31. The molecule has 0 heterocycles. The van der Waals surface area contributed by atoms with Gasteiger partial charge in [0.25, 0.3) is 0 Å². The monoisotopic (exact) mass is 668 g/mol. The molecule has 0 aliphatic heterocycles. The Labute approximate surface area is 281 Å². The van der Waals surface area contributed by atoms with E-state index in [1.54, 1.807) is 0 Å². The third kappa shape index (κ3) is 9.60. The molecule has 2 aliphatic rings. The minimum atomic E-state index is 0. The van der Waals surface area contributed by atoms with Crippen LogP contribution in [0.25, 0.3) is 11.1 Å². The Morgan fingerprint density at radius 2 is 1.33 bits per heavy atom. The Balaban J connectivity index is 0.000000219. The van der Waals surface area contributed by atoms with E-state index in [0.717, 1.165) is 6.42 Å². The number of allylic oxidation sites excluding steroid dienone is 4. The van der Waals surface area contributed by atoms with E-state index in [0.29, 0.717) is 11.3 Å². The summed E-state index contributed by atoms with van der Waals surface area (Å²) >= 11 is 1.46. The molecule has 1 unspecified atom stereocenters. The fraction of sp³-hybridized carbons (Fsp3) is 0.256. The Morgan fingerprint density at radius 3 is 1.83 bits per heavy atom. The first-order valence-electron chi connectivity index (χ1n) is 14.3. The van der Waals surface area contributed by atoms with E-state index < -0.39 is 0 Å². The summed E-state index contributed by atoms with van der Waals surface area (Å²) < 4.78 is 1.42. The van der Waals surface area contributed by atoms with Crippen LogP contribution in [0.2, 0.25) is 0 Å². The summed E-state index contributed by atoms with van der Waals surface area (Å²) in [4.78, 5) is 0. The molecule has 0 spiro atoms. The molecule has 0 amide bonds. The number of halogens is 2. The van der Waals surface area contributed by atoms with Gasteiger partial charge in [0.15, 0.2) is 0 Å². The molecular weight excluding hydrogens is 631 g/mol. The molecule has 0 saturated carbocycles. The van der Waals surface area contributed by atoms with E-state index in [9.17, 15) is 0 Å². The van der Waals surface area contributed by atoms with Crippen LogP contribution in [0.4, 0.5) is 0 Å². The molecule has 0 nitrogen and oxygen atoms in total. The Bertz CT molecular complexity index is 1410. The smallest absolute Gasteiger partial charge is 0.0253 e. The second kappa shape index (κ2) is 16.5. The van der Waals surface area contributed by atoms with Gasteiger partial charge in [0.2, 0.25) is 0 Å². The zero-order valence-electron chi connectivity index (χ0n) is 25.6. The van der Waals surface area contributed by atoms with Gasteiger partial charge in [-0.3, -0.25) is 6.08 Å². The third-order valence-electron chi connectivity index (χ3n) is 7.44. The summed E-state index contributed by atoms with van der Waals surface area (Å²) in [6.07, 6.45) is 10.1. The maximum atomic E-state index is 3.35. The Morgan fingerprint density at radius 1 is 0.786 bits per heavy atom. The zero-order chi connectivity index (χ0) is 28.7. The van der Waals surface area contributed by atoms with Crippen molar-refractivity contribution in [1.29, 1.82) is 0 Å². The van der Waals surface area contributed by atoms with Crippen LogP contribution in [0.1, 0.15) is 67.5 Å². The molecule has 2 aliphatic carbocycles. The summed E-state index contributed by atoms with van der Waals surface area (Å²) in [5.74, 6) is 0.573. The fourth-order valence-corrected chi connectivity index (χ4v) is 5.64. The van der Waals surface area contributed by atoms with Crippen molar-refractivity contribution in [3.8, 4) is 11.1 Å². The van der Waals surface area contributed by atoms with E-state index in [-0.39, 0.29) is 24.8 Å². The van der Waals surface area contributed by atoms with Crippen molar-refractivity contribution in [3.63, 3.8) is 0 Å². The first kappa shape index (κ1) is 35.9. The van der Waals surface area contributed by atoms with Crippen LogP contribution in [0.3, 0.4) is 0 Å². The van der Waals surface area contributed by atoms with E-state index in [2.05, 4.69) is 151 Å².